The molecule has 0 heterocycles. The fraction of sp³-hybridized carbons (Fsp3) is 0.571. The predicted molar refractivity (Wildman–Crippen MR) is 126 cm³/mol. The number of ether oxygens (including phenoxy) is 1. The second-order valence-corrected chi connectivity index (χ2v) is 10.9. The molecular weight excluding hydrogens is 398 g/mol. The van der Waals surface area contributed by atoms with Crippen molar-refractivity contribution >= 4 is 17.8 Å². The molecule has 4 aliphatic rings. The standard InChI is InChI=1S/C28H35NO3/c1-18(30)32-22-11-13-27(2)21(17-22)9-10-23-24(27)12-14-28(3)25(23)16-20(26(28)29-31)15-19-7-5-4-6-8-19/h4-9,15,22-25,31H,10-14,16-17H2,1-3H3/b20-15-,29-26+/t22-,23+,24-,25-,27-,28-/m0/s1. The van der Waals surface area contributed by atoms with E-state index in [2.05, 4.69) is 55.4 Å². The lowest BCUT2D eigenvalue weighted by Gasteiger charge is -2.57. The van der Waals surface area contributed by atoms with Gasteiger partial charge in [0.25, 0.3) is 0 Å². The third-order valence-corrected chi connectivity index (χ3v) is 9.31. The van der Waals surface area contributed by atoms with Gasteiger partial charge in [0, 0.05) is 18.8 Å². The van der Waals surface area contributed by atoms with Crippen molar-refractivity contribution in [1.29, 1.82) is 0 Å². The van der Waals surface area contributed by atoms with E-state index in [1.165, 1.54) is 30.1 Å². The topological polar surface area (TPSA) is 58.9 Å². The molecule has 1 aromatic carbocycles. The van der Waals surface area contributed by atoms with Gasteiger partial charge >= 0.3 is 5.97 Å². The van der Waals surface area contributed by atoms with Crippen LogP contribution in [0.2, 0.25) is 0 Å². The molecule has 4 nitrogen and oxygen atoms in total. The number of benzene rings is 1. The molecule has 5 rings (SSSR count). The van der Waals surface area contributed by atoms with Crippen molar-refractivity contribution in [3.63, 3.8) is 0 Å². The van der Waals surface area contributed by atoms with E-state index in [-0.39, 0.29) is 22.9 Å². The van der Waals surface area contributed by atoms with Crippen LogP contribution in [-0.4, -0.2) is 23.0 Å². The van der Waals surface area contributed by atoms with Crippen molar-refractivity contribution in [3.05, 3.63) is 53.1 Å². The van der Waals surface area contributed by atoms with Crippen molar-refractivity contribution in [2.45, 2.75) is 71.8 Å². The van der Waals surface area contributed by atoms with E-state index in [4.69, 9.17) is 4.74 Å². The number of allylic oxidation sites excluding steroid dienone is 2. The van der Waals surface area contributed by atoms with E-state index >= 15 is 0 Å². The van der Waals surface area contributed by atoms with Crippen molar-refractivity contribution in [1.82, 2.24) is 0 Å². The quantitative estimate of drug-likeness (QED) is 0.254. The Morgan fingerprint density at radius 1 is 1.09 bits per heavy atom. The first-order valence-electron chi connectivity index (χ1n) is 12.2. The van der Waals surface area contributed by atoms with Crippen molar-refractivity contribution < 1.29 is 14.7 Å². The normalized spacial score (nSPS) is 40.9. The Kier molecular flexibility index (Phi) is 5.30. The average Bonchev–Trinajstić information content (AvgIpc) is 3.05. The summed E-state index contributed by atoms with van der Waals surface area (Å²) in [7, 11) is 0. The molecule has 0 aromatic heterocycles. The van der Waals surface area contributed by atoms with Gasteiger partial charge in [0.15, 0.2) is 0 Å². The molecular formula is C28H35NO3. The third-order valence-electron chi connectivity index (χ3n) is 9.31. The van der Waals surface area contributed by atoms with E-state index in [0.717, 1.165) is 44.2 Å². The zero-order valence-corrected chi connectivity index (χ0v) is 19.5. The molecule has 0 unspecified atom stereocenters. The van der Waals surface area contributed by atoms with Crippen LogP contribution in [-0.2, 0) is 9.53 Å². The Morgan fingerprint density at radius 2 is 1.84 bits per heavy atom. The average molecular weight is 434 g/mol. The van der Waals surface area contributed by atoms with Crippen molar-refractivity contribution in [2.24, 2.45) is 33.7 Å². The lowest BCUT2D eigenvalue weighted by molar-refractivity contribution is -0.148. The molecule has 4 aliphatic carbocycles. The van der Waals surface area contributed by atoms with Crippen LogP contribution in [0, 0.1) is 28.6 Å². The Bertz CT molecular complexity index is 993. The fourth-order valence-corrected chi connectivity index (χ4v) is 7.71. The maximum absolute atomic E-state index is 11.5. The SMILES string of the molecule is CC(=O)O[C@H]1CC[C@@]2(C)C(=CC[C@@H]3[C@@H]2CC[C@]2(C)C(=N/O)/C(=C\c4ccccc4)C[C@@H]32)C1. The maximum atomic E-state index is 11.5. The van der Waals surface area contributed by atoms with Crippen LogP contribution in [0.25, 0.3) is 6.08 Å². The molecule has 4 heteroatoms. The Balaban J connectivity index is 1.45. The highest BCUT2D eigenvalue weighted by molar-refractivity contribution is 6.09. The predicted octanol–water partition coefficient (Wildman–Crippen LogP) is 6.40. The molecule has 1 aromatic rings. The van der Waals surface area contributed by atoms with Crippen LogP contribution in [0.1, 0.15) is 71.3 Å². The second kappa shape index (κ2) is 7.90. The summed E-state index contributed by atoms with van der Waals surface area (Å²) in [5, 5.41) is 13.9. The summed E-state index contributed by atoms with van der Waals surface area (Å²) in [6.07, 6.45) is 12.0. The molecule has 0 amide bonds. The first-order valence-corrected chi connectivity index (χ1v) is 12.2. The minimum atomic E-state index is -0.166. The molecule has 0 aliphatic heterocycles. The first kappa shape index (κ1) is 21.5. The molecule has 0 saturated heterocycles. The number of oxime groups is 1. The smallest absolute Gasteiger partial charge is 0.302 e. The number of esters is 1. The van der Waals surface area contributed by atoms with E-state index < -0.39 is 0 Å². The monoisotopic (exact) mass is 433 g/mol. The van der Waals surface area contributed by atoms with Crippen molar-refractivity contribution in [2.75, 3.05) is 0 Å². The summed E-state index contributed by atoms with van der Waals surface area (Å²) >= 11 is 0. The molecule has 0 spiro atoms. The molecule has 3 saturated carbocycles. The van der Waals surface area contributed by atoms with Gasteiger partial charge < -0.3 is 9.94 Å². The Labute approximate surface area is 191 Å². The number of carbonyl (C=O) groups is 1. The Hall–Kier alpha value is -2.36. The van der Waals surface area contributed by atoms with Crippen LogP contribution >= 0.6 is 0 Å². The minimum absolute atomic E-state index is 0.0391. The zero-order valence-electron chi connectivity index (χ0n) is 19.5. The van der Waals surface area contributed by atoms with Gasteiger partial charge in [0.2, 0.25) is 0 Å². The lowest BCUT2D eigenvalue weighted by atomic mass is 9.48. The largest absolute Gasteiger partial charge is 0.462 e. The molecule has 170 valence electrons. The molecule has 6 atom stereocenters. The fourth-order valence-electron chi connectivity index (χ4n) is 7.71. The van der Waals surface area contributed by atoms with Gasteiger partial charge in [-0.3, -0.25) is 4.79 Å². The molecule has 0 radical (unpaired) electrons. The lowest BCUT2D eigenvalue weighted by Crippen LogP contribution is -2.50. The third kappa shape index (κ3) is 3.34. The Morgan fingerprint density at radius 3 is 2.56 bits per heavy atom. The number of nitrogens with zero attached hydrogens (tertiary/aromatic N) is 1. The van der Waals surface area contributed by atoms with Gasteiger partial charge in [-0.15, -0.1) is 0 Å². The molecule has 1 N–H and O–H groups in total. The number of hydrogen-bond acceptors (Lipinski definition) is 4. The van der Waals surface area contributed by atoms with E-state index in [1.54, 1.807) is 0 Å². The summed E-state index contributed by atoms with van der Waals surface area (Å²) < 4.78 is 5.58. The highest BCUT2D eigenvalue weighted by Crippen LogP contribution is 2.65. The number of carbonyl (C=O) groups excluding carboxylic acids is 1. The van der Waals surface area contributed by atoms with Gasteiger partial charge in [0.05, 0.1) is 5.71 Å². The highest BCUT2D eigenvalue weighted by Gasteiger charge is 2.59. The van der Waals surface area contributed by atoms with Crippen LogP contribution < -0.4 is 0 Å². The number of rotatable bonds is 2. The summed E-state index contributed by atoms with van der Waals surface area (Å²) in [6, 6.07) is 10.4. The van der Waals surface area contributed by atoms with Gasteiger partial charge in [-0.25, -0.2) is 0 Å². The highest BCUT2D eigenvalue weighted by atomic mass is 16.5. The van der Waals surface area contributed by atoms with E-state index in [9.17, 15) is 10.0 Å². The summed E-state index contributed by atoms with van der Waals surface area (Å²) in [6.45, 7) is 6.30. The van der Waals surface area contributed by atoms with Crippen molar-refractivity contribution in [3.8, 4) is 0 Å². The van der Waals surface area contributed by atoms with Crippen LogP contribution in [0.5, 0.6) is 0 Å². The molecule has 0 bridgehead atoms. The molecule has 32 heavy (non-hydrogen) atoms. The van der Waals surface area contributed by atoms with Crippen LogP contribution in [0.4, 0.5) is 0 Å². The number of fused-ring (bicyclic) bond motifs is 5. The van der Waals surface area contributed by atoms with Gasteiger partial charge in [-0.2, -0.15) is 0 Å². The summed E-state index contributed by atoms with van der Waals surface area (Å²) in [4.78, 5) is 11.5. The maximum Gasteiger partial charge on any atom is 0.302 e. The summed E-state index contributed by atoms with van der Waals surface area (Å²) in [5.41, 5.74) is 4.92. The van der Waals surface area contributed by atoms with Crippen LogP contribution in [0.15, 0.2) is 52.7 Å². The van der Waals surface area contributed by atoms with Gasteiger partial charge in [0.1, 0.15) is 6.10 Å². The van der Waals surface area contributed by atoms with Gasteiger partial charge in [-0.05, 0) is 78.9 Å². The van der Waals surface area contributed by atoms with E-state index in [1.807, 2.05) is 6.07 Å². The summed E-state index contributed by atoms with van der Waals surface area (Å²) in [5.74, 6) is 1.59. The number of hydrogen-bond donors (Lipinski definition) is 1. The minimum Gasteiger partial charge on any atom is -0.462 e. The van der Waals surface area contributed by atoms with Crippen LogP contribution in [0.3, 0.4) is 0 Å². The second-order valence-electron chi connectivity index (χ2n) is 10.9. The zero-order chi connectivity index (χ0) is 22.5. The van der Waals surface area contributed by atoms with Gasteiger partial charge in [-0.1, -0.05) is 61.0 Å². The first-order chi connectivity index (χ1) is 15.3. The van der Waals surface area contributed by atoms with E-state index in [0.29, 0.717) is 17.8 Å². The molecule has 3 fully saturated rings.